The molecule has 1 amide bonds. The maximum atomic E-state index is 13.7. The van der Waals surface area contributed by atoms with Crippen LogP contribution in [0, 0.1) is 5.41 Å². The van der Waals surface area contributed by atoms with Crippen LogP contribution in [-0.4, -0.2) is 35.4 Å². The highest BCUT2D eigenvalue weighted by molar-refractivity contribution is 7.77. The van der Waals surface area contributed by atoms with Gasteiger partial charge in [-0.25, -0.2) is 14.0 Å². The Balaban J connectivity index is 1.62. The summed E-state index contributed by atoms with van der Waals surface area (Å²) >= 11 is 3.39. The maximum Gasteiger partial charge on any atom is 0.387 e. The Morgan fingerprint density at radius 3 is 2.30 bits per heavy atom. The summed E-state index contributed by atoms with van der Waals surface area (Å²) in [7, 11) is 0. The lowest BCUT2D eigenvalue weighted by atomic mass is 9.92. The zero-order valence-corrected chi connectivity index (χ0v) is 24.8. The van der Waals surface area contributed by atoms with Crippen molar-refractivity contribution in [3.05, 3.63) is 104 Å². The molecule has 0 aliphatic heterocycles. The summed E-state index contributed by atoms with van der Waals surface area (Å²) in [5.74, 6) is -0.300. The molecule has 4 aromatic rings. The minimum Gasteiger partial charge on any atom is -0.439 e. The van der Waals surface area contributed by atoms with E-state index < -0.39 is 40.4 Å². The lowest BCUT2D eigenvalue weighted by Gasteiger charge is -2.24. The number of benzene rings is 2. The number of carbonyl (C=O) groups excluding carboxylic acids is 1. The monoisotopic (exact) mass is 649 g/mol. The number of anilines is 2. The maximum absolute atomic E-state index is 13.7. The summed E-state index contributed by atoms with van der Waals surface area (Å²) in [5.41, 5.74) is -1.65. The molecule has 0 fully saturated rings. The molecular weight excluding hydrogens is 624 g/mol. The Kier molecular flexibility index (Phi) is 10.1. The summed E-state index contributed by atoms with van der Waals surface area (Å²) in [6.07, 6.45) is 1.10. The number of carbonyl (C=O) groups is 1. The molecule has 0 radical (unpaired) electrons. The first-order valence-corrected chi connectivity index (χ1v) is 14.3. The van der Waals surface area contributed by atoms with Crippen LogP contribution in [0.25, 0.3) is 0 Å². The molecule has 0 bridgehead atoms. The minimum atomic E-state index is -2.98. The molecule has 2 aromatic heterocycles. The van der Waals surface area contributed by atoms with Gasteiger partial charge in [-0.3, -0.25) is 28.0 Å². The SMILES string of the molecule is CC(C)(Cn1c(=O)cc(Nc2ccc(Oc3ccc(OC(F)F)cn3)cc2)n(Cc2ccc(Cl)cc2)c1=O)C(=O)NS(=O)O. The first-order valence-electron chi connectivity index (χ1n) is 12.8. The first kappa shape index (κ1) is 32.3. The number of halogens is 3. The Labute approximate surface area is 256 Å². The third kappa shape index (κ3) is 8.49. The molecule has 12 nitrogen and oxygen atoms in total. The highest BCUT2D eigenvalue weighted by Crippen LogP contribution is 2.25. The highest BCUT2D eigenvalue weighted by Gasteiger charge is 2.31. The normalized spacial score (nSPS) is 12.1. The van der Waals surface area contributed by atoms with E-state index in [0.717, 1.165) is 10.8 Å². The molecule has 0 aliphatic carbocycles. The van der Waals surface area contributed by atoms with Gasteiger partial charge in [-0.05, 0) is 61.9 Å². The van der Waals surface area contributed by atoms with E-state index in [0.29, 0.717) is 22.0 Å². The number of amides is 1. The number of ether oxygens (including phenoxy) is 2. The van der Waals surface area contributed by atoms with Crippen molar-refractivity contribution in [2.45, 2.75) is 33.5 Å². The molecule has 232 valence electrons. The van der Waals surface area contributed by atoms with E-state index in [9.17, 15) is 27.4 Å². The van der Waals surface area contributed by atoms with Gasteiger partial charge in [-0.2, -0.15) is 8.78 Å². The average Bonchev–Trinajstić information content (AvgIpc) is 2.95. The van der Waals surface area contributed by atoms with Gasteiger partial charge in [0.05, 0.1) is 18.2 Å². The van der Waals surface area contributed by atoms with Crippen LogP contribution >= 0.6 is 11.6 Å². The van der Waals surface area contributed by atoms with Crippen molar-refractivity contribution in [3.63, 3.8) is 0 Å². The second-order valence-corrected chi connectivity index (χ2v) is 11.1. The molecule has 44 heavy (non-hydrogen) atoms. The summed E-state index contributed by atoms with van der Waals surface area (Å²) in [6.45, 7) is -0.450. The van der Waals surface area contributed by atoms with Crippen molar-refractivity contribution in [1.82, 2.24) is 18.8 Å². The number of rotatable bonds is 12. The van der Waals surface area contributed by atoms with Crippen LogP contribution in [0.2, 0.25) is 5.02 Å². The van der Waals surface area contributed by atoms with Gasteiger partial charge < -0.3 is 14.8 Å². The summed E-state index contributed by atoms with van der Waals surface area (Å²) in [6, 6.07) is 17.0. The Morgan fingerprint density at radius 1 is 1.05 bits per heavy atom. The molecule has 16 heteroatoms. The Hall–Kier alpha value is -4.60. The fraction of sp³-hybridized carbons (Fsp3) is 0.214. The van der Waals surface area contributed by atoms with E-state index >= 15 is 0 Å². The summed E-state index contributed by atoms with van der Waals surface area (Å²) in [5, 5.41) is 3.55. The van der Waals surface area contributed by atoms with Gasteiger partial charge in [-0.1, -0.05) is 23.7 Å². The number of hydrogen-bond acceptors (Lipinski definition) is 8. The van der Waals surface area contributed by atoms with E-state index in [2.05, 4.69) is 15.0 Å². The molecule has 0 saturated carbocycles. The Bertz CT molecular complexity index is 1760. The minimum absolute atomic E-state index is 0.0318. The molecule has 1 atom stereocenters. The van der Waals surface area contributed by atoms with Crippen molar-refractivity contribution in [3.8, 4) is 17.4 Å². The van der Waals surface area contributed by atoms with Crippen LogP contribution in [0.4, 0.5) is 20.3 Å². The van der Waals surface area contributed by atoms with E-state index in [1.165, 1.54) is 36.6 Å². The molecule has 0 aliphatic rings. The quantitative estimate of drug-likeness (QED) is 0.188. The molecular formula is C28H26ClF2N5O7S. The molecule has 1 unspecified atom stereocenters. The zero-order valence-electron chi connectivity index (χ0n) is 23.2. The predicted octanol–water partition coefficient (Wildman–Crippen LogP) is 4.52. The van der Waals surface area contributed by atoms with Crippen LogP contribution in [0.5, 0.6) is 17.4 Å². The largest absolute Gasteiger partial charge is 0.439 e. The molecule has 0 spiro atoms. The third-order valence-corrected chi connectivity index (χ3v) is 6.78. The topological polar surface area (TPSA) is 154 Å². The van der Waals surface area contributed by atoms with Crippen molar-refractivity contribution in [2.75, 3.05) is 5.32 Å². The van der Waals surface area contributed by atoms with E-state index in [-0.39, 0.29) is 30.5 Å². The number of nitrogens with zero attached hydrogens (tertiary/aromatic N) is 3. The molecule has 3 N–H and O–H groups in total. The number of pyridine rings is 1. The number of hydrogen-bond donors (Lipinski definition) is 3. The fourth-order valence-corrected chi connectivity index (χ4v) is 4.51. The average molecular weight is 650 g/mol. The summed E-state index contributed by atoms with van der Waals surface area (Å²) in [4.78, 5) is 43.2. The lowest BCUT2D eigenvalue weighted by Crippen LogP contribution is -2.47. The van der Waals surface area contributed by atoms with Crippen LogP contribution in [0.1, 0.15) is 19.4 Å². The van der Waals surface area contributed by atoms with Crippen molar-refractivity contribution >= 4 is 40.3 Å². The van der Waals surface area contributed by atoms with Crippen LogP contribution in [0.15, 0.2) is 82.5 Å². The van der Waals surface area contributed by atoms with Crippen LogP contribution in [-0.2, 0) is 29.2 Å². The van der Waals surface area contributed by atoms with Crippen LogP contribution < -0.4 is 30.8 Å². The van der Waals surface area contributed by atoms with E-state index in [4.69, 9.17) is 20.9 Å². The smallest absolute Gasteiger partial charge is 0.387 e. The first-order chi connectivity index (χ1) is 20.8. The summed E-state index contributed by atoms with van der Waals surface area (Å²) < 4.78 is 58.8. The molecule has 0 saturated heterocycles. The van der Waals surface area contributed by atoms with Gasteiger partial charge in [0.25, 0.3) is 16.8 Å². The second-order valence-electron chi connectivity index (χ2n) is 9.98. The molecule has 2 heterocycles. The van der Waals surface area contributed by atoms with Gasteiger partial charge in [0.1, 0.15) is 17.3 Å². The van der Waals surface area contributed by atoms with E-state index in [1.807, 2.05) is 4.72 Å². The zero-order chi connectivity index (χ0) is 32.0. The standard InChI is InChI=1S/C28H26ClF2N5O7S/c1-28(2,25(38)34-44(40)41)16-36-24(37)13-22(35(27(36)39)15-17-3-5-18(29)6-4-17)33-19-7-9-20(10-8-19)42-23-12-11-21(14-32-23)43-26(30)31/h3-14,26,33H,15-16H2,1-2H3,(H,34,38)(H,40,41). The van der Waals surface area contributed by atoms with E-state index in [1.54, 1.807) is 48.5 Å². The van der Waals surface area contributed by atoms with Crippen molar-refractivity contribution in [2.24, 2.45) is 5.41 Å². The Morgan fingerprint density at radius 2 is 1.70 bits per heavy atom. The third-order valence-electron chi connectivity index (χ3n) is 6.16. The molecule has 2 aromatic carbocycles. The van der Waals surface area contributed by atoms with Gasteiger partial charge in [0.2, 0.25) is 11.8 Å². The number of aromatic nitrogens is 3. The van der Waals surface area contributed by atoms with Crippen molar-refractivity contribution in [1.29, 1.82) is 0 Å². The number of nitrogens with one attached hydrogen (secondary N) is 2. The second kappa shape index (κ2) is 13.8. The van der Waals surface area contributed by atoms with Crippen molar-refractivity contribution < 1.29 is 31.8 Å². The lowest BCUT2D eigenvalue weighted by molar-refractivity contribution is -0.128. The van der Waals surface area contributed by atoms with Gasteiger partial charge >= 0.3 is 12.3 Å². The van der Waals surface area contributed by atoms with Gasteiger partial charge in [0, 0.05) is 29.4 Å². The predicted molar refractivity (Wildman–Crippen MR) is 159 cm³/mol. The number of alkyl halides is 2. The molecule has 4 rings (SSSR count). The fourth-order valence-electron chi connectivity index (χ4n) is 3.95. The highest BCUT2D eigenvalue weighted by atomic mass is 35.5. The van der Waals surface area contributed by atoms with Crippen LogP contribution in [0.3, 0.4) is 0 Å². The van der Waals surface area contributed by atoms with Gasteiger partial charge in [-0.15, -0.1) is 0 Å². The van der Waals surface area contributed by atoms with Gasteiger partial charge in [0.15, 0.2) is 0 Å².